The molecule has 1 amide bonds. The molecule has 0 aliphatic heterocycles. The number of nitrogens with zero attached hydrogens (tertiary/aromatic N) is 2. The Hall–Kier alpha value is -3.35. The molecule has 1 aromatic heterocycles. The second kappa shape index (κ2) is 8.18. The van der Waals surface area contributed by atoms with E-state index >= 15 is 0 Å². The summed E-state index contributed by atoms with van der Waals surface area (Å²) in [7, 11) is 1.71. The van der Waals surface area contributed by atoms with Crippen LogP contribution in [0, 0.1) is 5.82 Å². The lowest BCUT2D eigenvalue weighted by Crippen LogP contribution is -2.41. The third-order valence-electron chi connectivity index (χ3n) is 5.74. The van der Waals surface area contributed by atoms with Crippen LogP contribution < -0.4 is 0 Å². The molecule has 0 bridgehead atoms. The summed E-state index contributed by atoms with van der Waals surface area (Å²) in [5.74, 6) is -1.31. The molecule has 1 aliphatic rings. The SMILES string of the molecule is CN(C(=O)OCc1ccccc1)C1CCc2c(c3cc(F)ccc3n2CC(=O)O)C1. The molecule has 7 heteroatoms. The Bertz CT molecular complexity index is 1090. The van der Waals surface area contributed by atoms with E-state index in [1.165, 1.54) is 12.1 Å². The largest absolute Gasteiger partial charge is 0.480 e. The minimum absolute atomic E-state index is 0.104. The zero-order valence-electron chi connectivity index (χ0n) is 16.7. The second-order valence-electron chi connectivity index (χ2n) is 7.61. The number of carboxylic acid groups (broad SMARTS) is 1. The molecule has 0 saturated heterocycles. The normalized spacial score (nSPS) is 15.6. The molecule has 1 N–H and O–H groups in total. The molecular weight excluding hydrogens is 387 g/mol. The van der Waals surface area contributed by atoms with Gasteiger partial charge in [0.1, 0.15) is 19.0 Å². The van der Waals surface area contributed by atoms with E-state index in [-0.39, 0.29) is 25.0 Å². The number of amides is 1. The van der Waals surface area contributed by atoms with Gasteiger partial charge in [-0.25, -0.2) is 9.18 Å². The fourth-order valence-electron chi connectivity index (χ4n) is 4.22. The number of rotatable bonds is 5. The van der Waals surface area contributed by atoms with E-state index in [4.69, 9.17) is 4.74 Å². The van der Waals surface area contributed by atoms with Gasteiger partial charge in [-0.2, -0.15) is 0 Å². The van der Waals surface area contributed by atoms with E-state index < -0.39 is 12.1 Å². The summed E-state index contributed by atoms with van der Waals surface area (Å²) in [5, 5.41) is 10.0. The number of carbonyl (C=O) groups excluding carboxylic acids is 1. The average Bonchev–Trinajstić information content (AvgIpc) is 3.04. The Kier molecular flexibility index (Phi) is 5.44. The number of hydrogen-bond acceptors (Lipinski definition) is 3. The Balaban J connectivity index is 1.55. The van der Waals surface area contributed by atoms with Crippen LogP contribution in [-0.2, 0) is 35.5 Å². The lowest BCUT2D eigenvalue weighted by atomic mass is 9.90. The van der Waals surface area contributed by atoms with Crippen LogP contribution in [0.15, 0.2) is 48.5 Å². The van der Waals surface area contributed by atoms with E-state index in [0.29, 0.717) is 30.2 Å². The molecule has 0 radical (unpaired) electrons. The van der Waals surface area contributed by atoms with Crippen molar-refractivity contribution in [2.75, 3.05) is 7.05 Å². The number of carbonyl (C=O) groups is 2. The maximum atomic E-state index is 13.9. The Morgan fingerprint density at radius 3 is 2.73 bits per heavy atom. The smallest absolute Gasteiger partial charge is 0.410 e. The number of halogens is 1. The van der Waals surface area contributed by atoms with Crippen molar-refractivity contribution in [3.8, 4) is 0 Å². The number of carboxylic acids is 1. The highest BCUT2D eigenvalue weighted by atomic mass is 19.1. The first kappa shape index (κ1) is 19.9. The van der Waals surface area contributed by atoms with E-state index in [1.807, 2.05) is 30.3 Å². The standard InChI is InChI=1S/C23H23FN2O4/c1-25(23(29)30-14-15-5-3-2-4-6-15)17-8-10-21-19(12-17)18-11-16(24)7-9-20(18)26(21)13-22(27)28/h2-7,9,11,17H,8,10,12-14H2,1H3,(H,27,28). The molecule has 0 saturated carbocycles. The van der Waals surface area contributed by atoms with Crippen LogP contribution in [0.1, 0.15) is 23.2 Å². The van der Waals surface area contributed by atoms with E-state index in [2.05, 4.69) is 0 Å². The van der Waals surface area contributed by atoms with Crippen molar-refractivity contribution in [1.82, 2.24) is 9.47 Å². The van der Waals surface area contributed by atoms with Crippen molar-refractivity contribution in [2.24, 2.45) is 0 Å². The maximum Gasteiger partial charge on any atom is 0.410 e. The summed E-state index contributed by atoms with van der Waals surface area (Å²) in [4.78, 5) is 25.5. The third-order valence-corrected chi connectivity index (χ3v) is 5.74. The molecule has 6 nitrogen and oxygen atoms in total. The van der Waals surface area contributed by atoms with E-state index in [1.54, 1.807) is 22.6 Å². The van der Waals surface area contributed by atoms with Gasteiger partial charge in [-0.1, -0.05) is 30.3 Å². The highest BCUT2D eigenvalue weighted by Gasteiger charge is 2.30. The van der Waals surface area contributed by atoms with Gasteiger partial charge in [0.15, 0.2) is 0 Å². The van der Waals surface area contributed by atoms with Gasteiger partial charge in [-0.15, -0.1) is 0 Å². The van der Waals surface area contributed by atoms with Crippen LogP contribution in [0.3, 0.4) is 0 Å². The van der Waals surface area contributed by atoms with Gasteiger partial charge in [0.25, 0.3) is 0 Å². The molecule has 1 heterocycles. The Morgan fingerprint density at radius 2 is 2.00 bits per heavy atom. The number of hydrogen-bond donors (Lipinski definition) is 1. The number of likely N-dealkylation sites (N-methyl/N-ethyl adjacent to an activating group) is 1. The first-order chi connectivity index (χ1) is 14.4. The van der Waals surface area contributed by atoms with Crippen molar-refractivity contribution in [2.45, 2.75) is 38.5 Å². The van der Waals surface area contributed by atoms with E-state index in [0.717, 1.165) is 16.8 Å². The summed E-state index contributed by atoms with van der Waals surface area (Å²) < 4.78 is 21.1. The topological polar surface area (TPSA) is 71.8 Å². The molecule has 1 atom stereocenters. The van der Waals surface area contributed by atoms with Crippen LogP contribution in [-0.4, -0.2) is 39.7 Å². The minimum atomic E-state index is -0.942. The Morgan fingerprint density at radius 1 is 1.23 bits per heavy atom. The fourth-order valence-corrected chi connectivity index (χ4v) is 4.22. The molecule has 4 rings (SSSR count). The summed E-state index contributed by atoms with van der Waals surface area (Å²) in [6, 6.07) is 13.8. The summed E-state index contributed by atoms with van der Waals surface area (Å²) in [6.07, 6.45) is 1.41. The van der Waals surface area contributed by atoms with Gasteiger partial charge in [0, 0.05) is 29.7 Å². The lowest BCUT2D eigenvalue weighted by molar-refractivity contribution is -0.137. The molecule has 2 aromatic carbocycles. The zero-order chi connectivity index (χ0) is 21.3. The predicted molar refractivity (Wildman–Crippen MR) is 110 cm³/mol. The molecule has 156 valence electrons. The van der Waals surface area contributed by atoms with Crippen molar-refractivity contribution >= 4 is 23.0 Å². The van der Waals surface area contributed by atoms with Crippen molar-refractivity contribution in [3.05, 3.63) is 71.2 Å². The molecule has 1 unspecified atom stereocenters. The predicted octanol–water partition coefficient (Wildman–Crippen LogP) is 3.99. The van der Waals surface area contributed by atoms with Crippen LogP contribution >= 0.6 is 0 Å². The average molecular weight is 410 g/mol. The van der Waals surface area contributed by atoms with Crippen LogP contribution in [0.5, 0.6) is 0 Å². The minimum Gasteiger partial charge on any atom is -0.480 e. The number of benzene rings is 2. The van der Waals surface area contributed by atoms with Gasteiger partial charge in [0.05, 0.1) is 0 Å². The third kappa shape index (κ3) is 3.87. The molecular formula is C23H23FN2O4. The maximum absolute atomic E-state index is 13.9. The second-order valence-corrected chi connectivity index (χ2v) is 7.61. The summed E-state index contributed by atoms with van der Waals surface area (Å²) >= 11 is 0. The van der Waals surface area contributed by atoms with Crippen molar-refractivity contribution < 1.29 is 23.8 Å². The zero-order valence-corrected chi connectivity index (χ0v) is 16.7. The van der Waals surface area contributed by atoms with Gasteiger partial charge >= 0.3 is 12.1 Å². The van der Waals surface area contributed by atoms with E-state index in [9.17, 15) is 19.1 Å². The van der Waals surface area contributed by atoms with Crippen LogP contribution in [0.4, 0.5) is 9.18 Å². The van der Waals surface area contributed by atoms with Gasteiger partial charge < -0.3 is 19.3 Å². The Labute approximate surface area is 173 Å². The van der Waals surface area contributed by atoms with Crippen molar-refractivity contribution in [1.29, 1.82) is 0 Å². The number of aromatic nitrogens is 1. The fraction of sp³-hybridized carbons (Fsp3) is 0.304. The highest BCUT2D eigenvalue weighted by Crippen LogP contribution is 2.34. The molecule has 0 spiro atoms. The number of aliphatic carboxylic acids is 1. The number of ether oxygens (including phenoxy) is 1. The monoisotopic (exact) mass is 410 g/mol. The molecule has 30 heavy (non-hydrogen) atoms. The van der Waals surface area contributed by atoms with Crippen LogP contribution in [0.2, 0.25) is 0 Å². The summed E-state index contributed by atoms with van der Waals surface area (Å²) in [6.45, 7) is 0.0300. The van der Waals surface area contributed by atoms with Crippen molar-refractivity contribution in [3.63, 3.8) is 0 Å². The molecule has 1 aliphatic carbocycles. The first-order valence-electron chi connectivity index (χ1n) is 9.89. The lowest BCUT2D eigenvalue weighted by Gasteiger charge is -2.31. The van der Waals surface area contributed by atoms with Gasteiger partial charge in [0.2, 0.25) is 0 Å². The quantitative estimate of drug-likeness (QED) is 0.690. The summed E-state index contributed by atoms with van der Waals surface area (Å²) in [5.41, 5.74) is 3.43. The van der Waals surface area contributed by atoms with Gasteiger partial charge in [-0.3, -0.25) is 4.79 Å². The first-order valence-corrected chi connectivity index (χ1v) is 9.89. The van der Waals surface area contributed by atoms with Gasteiger partial charge in [-0.05, 0) is 48.6 Å². The molecule has 3 aromatic rings. The molecule has 0 fully saturated rings. The highest BCUT2D eigenvalue weighted by molar-refractivity contribution is 5.87. The number of fused-ring (bicyclic) bond motifs is 3. The van der Waals surface area contributed by atoms with Crippen LogP contribution in [0.25, 0.3) is 10.9 Å².